The highest BCUT2D eigenvalue weighted by atomic mass is 32.1. The van der Waals surface area contributed by atoms with E-state index in [4.69, 9.17) is 0 Å². The summed E-state index contributed by atoms with van der Waals surface area (Å²) < 4.78 is 0. The van der Waals surface area contributed by atoms with Crippen molar-refractivity contribution in [3.05, 3.63) is 89.7 Å². The summed E-state index contributed by atoms with van der Waals surface area (Å²) >= 11 is 4.33. The smallest absolute Gasteiger partial charge is 0.138 e. The van der Waals surface area contributed by atoms with Crippen molar-refractivity contribution in [3.63, 3.8) is 0 Å². The van der Waals surface area contributed by atoms with Gasteiger partial charge in [-0.05, 0) is 54.0 Å². The number of hydrogen-bond donors (Lipinski definition) is 2. The third-order valence-electron chi connectivity index (χ3n) is 5.64. The Labute approximate surface area is 175 Å². The number of hydrogen-bond acceptors (Lipinski definition) is 2. The van der Waals surface area contributed by atoms with Gasteiger partial charge in [0, 0.05) is 36.0 Å². The molecule has 0 spiro atoms. The quantitative estimate of drug-likeness (QED) is 0.555. The Kier molecular flexibility index (Phi) is 6.17. The Morgan fingerprint density at radius 2 is 1.82 bits per heavy atom. The van der Waals surface area contributed by atoms with Crippen LogP contribution < -0.4 is 10.2 Å². The van der Waals surface area contributed by atoms with Gasteiger partial charge in [0.05, 0.1) is 6.20 Å². The third kappa shape index (κ3) is 4.26. The SMILES string of the molecule is C=C1/C=C(c2ccc(N(C)CCS)cc2)\C=C/[NH2+]c2ccc(C)cc2C1(C)C. The molecule has 28 heavy (non-hydrogen) atoms. The molecular formula is C25H31N2S+. The molecule has 0 aromatic heterocycles. The number of quaternary nitrogens is 1. The van der Waals surface area contributed by atoms with Crippen LogP contribution in [-0.4, -0.2) is 19.3 Å². The van der Waals surface area contributed by atoms with Gasteiger partial charge in [0.25, 0.3) is 0 Å². The first-order chi connectivity index (χ1) is 13.3. The number of anilines is 1. The second-order valence-corrected chi connectivity index (χ2v) is 8.51. The van der Waals surface area contributed by atoms with E-state index in [2.05, 4.69) is 118 Å². The van der Waals surface area contributed by atoms with Crippen LogP contribution in [0.2, 0.25) is 0 Å². The molecule has 2 N–H and O–H groups in total. The van der Waals surface area contributed by atoms with E-state index in [0.717, 1.165) is 17.9 Å². The normalized spacial score (nSPS) is 18.9. The van der Waals surface area contributed by atoms with Crippen molar-refractivity contribution < 1.29 is 5.32 Å². The maximum atomic E-state index is 4.44. The summed E-state index contributed by atoms with van der Waals surface area (Å²) in [6.07, 6.45) is 6.56. The number of nitrogens with two attached hydrogens (primary N) is 1. The summed E-state index contributed by atoms with van der Waals surface area (Å²) in [6, 6.07) is 15.4. The fourth-order valence-electron chi connectivity index (χ4n) is 3.57. The van der Waals surface area contributed by atoms with Gasteiger partial charge in [0.1, 0.15) is 5.69 Å². The van der Waals surface area contributed by atoms with Crippen molar-refractivity contribution in [1.29, 1.82) is 0 Å². The van der Waals surface area contributed by atoms with Crippen LogP contribution in [0.1, 0.15) is 30.5 Å². The molecule has 1 aliphatic rings. The Morgan fingerprint density at radius 1 is 1.11 bits per heavy atom. The molecule has 0 amide bonds. The highest BCUT2D eigenvalue weighted by Crippen LogP contribution is 2.37. The molecule has 3 heteroatoms. The number of thiol groups is 1. The van der Waals surface area contributed by atoms with E-state index in [9.17, 15) is 0 Å². The predicted octanol–water partition coefficient (Wildman–Crippen LogP) is 5.00. The Morgan fingerprint density at radius 3 is 2.50 bits per heavy atom. The summed E-state index contributed by atoms with van der Waals surface area (Å²) in [4.78, 5) is 2.22. The van der Waals surface area contributed by atoms with Gasteiger partial charge in [-0.15, -0.1) is 0 Å². The molecule has 0 saturated heterocycles. The van der Waals surface area contributed by atoms with Gasteiger partial charge >= 0.3 is 0 Å². The van der Waals surface area contributed by atoms with Crippen molar-refractivity contribution in [2.45, 2.75) is 26.2 Å². The zero-order valence-corrected chi connectivity index (χ0v) is 18.3. The lowest BCUT2D eigenvalue weighted by Crippen LogP contribution is -2.71. The van der Waals surface area contributed by atoms with E-state index in [1.165, 1.54) is 33.6 Å². The molecule has 0 unspecified atom stereocenters. The zero-order chi connectivity index (χ0) is 20.3. The molecule has 0 bridgehead atoms. The summed E-state index contributed by atoms with van der Waals surface area (Å²) in [7, 11) is 2.10. The summed E-state index contributed by atoms with van der Waals surface area (Å²) in [6.45, 7) is 12.0. The largest absolute Gasteiger partial charge is 0.374 e. The molecule has 2 aromatic carbocycles. The first kappa shape index (κ1) is 20.5. The van der Waals surface area contributed by atoms with Crippen molar-refractivity contribution in [2.24, 2.45) is 0 Å². The topological polar surface area (TPSA) is 19.9 Å². The van der Waals surface area contributed by atoms with Crippen LogP contribution in [0.4, 0.5) is 11.4 Å². The average molecular weight is 392 g/mol. The monoisotopic (exact) mass is 391 g/mol. The molecule has 1 heterocycles. The van der Waals surface area contributed by atoms with E-state index in [-0.39, 0.29) is 5.41 Å². The second kappa shape index (κ2) is 8.42. The minimum absolute atomic E-state index is 0.137. The molecule has 0 aliphatic carbocycles. The van der Waals surface area contributed by atoms with Gasteiger partial charge in [-0.25, -0.2) is 0 Å². The summed E-state index contributed by atoms with van der Waals surface area (Å²) in [5, 5.41) is 2.21. The lowest BCUT2D eigenvalue weighted by Gasteiger charge is -2.27. The highest BCUT2D eigenvalue weighted by Gasteiger charge is 2.28. The van der Waals surface area contributed by atoms with Gasteiger partial charge in [-0.2, -0.15) is 12.6 Å². The van der Waals surface area contributed by atoms with Crippen molar-refractivity contribution in [1.82, 2.24) is 0 Å². The molecule has 1 aliphatic heterocycles. The molecule has 3 rings (SSSR count). The maximum absolute atomic E-state index is 4.44. The minimum atomic E-state index is -0.137. The molecular weight excluding hydrogens is 360 g/mol. The number of aryl methyl sites for hydroxylation is 1. The lowest BCUT2D eigenvalue weighted by atomic mass is 9.76. The molecule has 0 atom stereocenters. The Bertz CT molecular complexity index is 920. The molecule has 2 nitrogen and oxygen atoms in total. The first-order valence-corrected chi connectivity index (χ1v) is 10.4. The lowest BCUT2D eigenvalue weighted by molar-refractivity contribution is -0.497. The van der Waals surface area contributed by atoms with Crippen molar-refractivity contribution in [2.75, 3.05) is 24.2 Å². The van der Waals surface area contributed by atoms with E-state index >= 15 is 0 Å². The van der Waals surface area contributed by atoms with Crippen molar-refractivity contribution in [3.8, 4) is 0 Å². The molecule has 0 saturated carbocycles. The van der Waals surface area contributed by atoms with E-state index < -0.39 is 0 Å². The van der Waals surface area contributed by atoms with E-state index in [1.807, 2.05) is 0 Å². The van der Waals surface area contributed by atoms with Crippen molar-refractivity contribution >= 4 is 29.6 Å². The molecule has 2 aromatic rings. The Hall–Kier alpha value is -2.23. The summed E-state index contributed by atoms with van der Waals surface area (Å²) in [5.74, 6) is 0.844. The Balaban J connectivity index is 1.98. The number of rotatable bonds is 4. The fraction of sp³-hybridized carbons (Fsp3) is 0.280. The van der Waals surface area contributed by atoms with Crippen LogP contribution in [0, 0.1) is 6.92 Å². The van der Waals surface area contributed by atoms with Gasteiger partial charge in [0.15, 0.2) is 0 Å². The predicted molar refractivity (Wildman–Crippen MR) is 126 cm³/mol. The fourth-order valence-corrected chi connectivity index (χ4v) is 3.87. The van der Waals surface area contributed by atoms with Gasteiger partial charge in [-0.1, -0.05) is 50.3 Å². The van der Waals surface area contributed by atoms with E-state index in [1.54, 1.807) is 0 Å². The highest BCUT2D eigenvalue weighted by molar-refractivity contribution is 7.80. The van der Waals surface area contributed by atoms with Gasteiger partial charge in [0.2, 0.25) is 0 Å². The van der Waals surface area contributed by atoms with Crippen LogP contribution >= 0.6 is 12.6 Å². The third-order valence-corrected chi connectivity index (χ3v) is 5.84. The second-order valence-electron chi connectivity index (χ2n) is 8.06. The molecule has 146 valence electrons. The number of benzene rings is 2. The van der Waals surface area contributed by atoms with Gasteiger partial charge < -0.3 is 4.90 Å². The number of nitrogens with zero attached hydrogens (tertiary/aromatic N) is 1. The van der Waals surface area contributed by atoms with Gasteiger partial charge in [-0.3, -0.25) is 5.32 Å². The minimum Gasteiger partial charge on any atom is -0.374 e. The van der Waals surface area contributed by atoms with Crippen LogP contribution in [0.25, 0.3) is 5.57 Å². The molecule has 0 radical (unpaired) electrons. The standard InChI is InChI=1S/C25H30N2S/c1-18-6-11-24-23(16-18)25(3,4)19(2)17-21(12-13-26-24)20-7-9-22(10-8-20)27(5)14-15-28/h6-13,16-17,26,28H,2,14-15H2,1,3-5H3/p+1/b13-12-,21-17+. The number of fused-ring (bicyclic) bond motifs is 1. The van der Waals surface area contributed by atoms with Crippen LogP contribution in [0.5, 0.6) is 0 Å². The first-order valence-electron chi connectivity index (χ1n) is 9.79. The van der Waals surface area contributed by atoms with Crippen LogP contribution in [0.3, 0.4) is 0 Å². The maximum Gasteiger partial charge on any atom is 0.138 e. The van der Waals surface area contributed by atoms with E-state index in [0.29, 0.717) is 0 Å². The van der Waals surface area contributed by atoms with Crippen LogP contribution in [-0.2, 0) is 5.41 Å². The summed E-state index contributed by atoms with van der Waals surface area (Å²) in [5.41, 5.74) is 8.43. The van der Waals surface area contributed by atoms with Crippen LogP contribution in [0.15, 0.2) is 73.0 Å². The molecule has 0 fully saturated rings. The zero-order valence-electron chi connectivity index (χ0n) is 17.4. The average Bonchev–Trinajstić information content (AvgIpc) is 2.72. The number of allylic oxidation sites excluding steroid dienone is 4.